The number of benzene rings is 2. The summed E-state index contributed by atoms with van der Waals surface area (Å²) in [5, 5.41) is 4.21. The Kier molecular flexibility index (Phi) is 4.93. The van der Waals surface area contributed by atoms with E-state index in [-0.39, 0.29) is 0 Å². The first-order chi connectivity index (χ1) is 11.3. The third-order valence-corrected chi connectivity index (χ3v) is 3.91. The van der Waals surface area contributed by atoms with Crippen LogP contribution in [0.5, 0.6) is 5.75 Å². The van der Waals surface area contributed by atoms with Gasteiger partial charge in [-0.1, -0.05) is 29.4 Å². The molecule has 1 aliphatic carbocycles. The molecule has 0 amide bonds. The number of hydrogen-bond donors (Lipinski definition) is 0. The van der Waals surface area contributed by atoms with Crippen LogP contribution in [0.15, 0.2) is 47.6 Å². The van der Waals surface area contributed by atoms with Gasteiger partial charge in [0.25, 0.3) is 0 Å². The second-order valence-corrected chi connectivity index (χ2v) is 5.42. The van der Waals surface area contributed by atoms with E-state index < -0.39 is 0 Å². The van der Waals surface area contributed by atoms with Crippen molar-refractivity contribution in [2.75, 3.05) is 27.4 Å². The van der Waals surface area contributed by atoms with Gasteiger partial charge in [0.05, 0.1) is 6.61 Å². The van der Waals surface area contributed by atoms with Crippen molar-refractivity contribution in [3.05, 3.63) is 53.6 Å². The van der Waals surface area contributed by atoms with Crippen molar-refractivity contribution in [3.8, 4) is 16.9 Å². The maximum absolute atomic E-state index is 5.85. The Morgan fingerprint density at radius 3 is 2.35 bits per heavy atom. The van der Waals surface area contributed by atoms with Crippen LogP contribution in [0.3, 0.4) is 0 Å². The standard InChI is InChI=1S/C19H21NO3/c1-21-11-5-6-12-23-14-9-10-16-15-7-3-4-8-17(15)19(20-22-2)18(16)13-14/h3-4,7-10,13H,5-6,11-12H2,1-2H3/b20-19+. The first-order valence-electron chi connectivity index (χ1n) is 7.82. The highest BCUT2D eigenvalue weighted by molar-refractivity contribution is 6.24. The zero-order chi connectivity index (χ0) is 16.1. The monoisotopic (exact) mass is 311 g/mol. The molecule has 0 aromatic heterocycles. The minimum absolute atomic E-state index is 0.686. The predicted octanol–water partition coefficient (Wildman–Crippen LogP) is 3.87. The maximum Gasteiger partial charge on any atom is 0.120 e. The highest BCUT2D eigenvalue weighted by Gasteiger charge is 2.25. The van der Waals surface area contributed by atoms with E-state index in [0.717, 1.165) is 42.0 Å². The minimum Gasteiger partial charge on any atom is -0.494 e. The molecule has 2 aromatic carbocycles. The molecule has 0 saturated heterocycles. The van der Waals surface area contributed by atoms with Gasteiger partial charge in [0, 0.05) is 24.8 Å². The molecule has 4 nitrogen and oxygen atoms in total. The number of oxime groups is 1. The molecule has 0 radical (unpaired) electrons. The van der Waals surface area contributed by atoms with E-state index in [9.17, 15) is 0 Å². The molecule has 0 atom stereocenters. The smallest absolute Gasteiger partial charge is 0.120 e. The predicted molar refractivity (Wildman–Crippen MR) is 91.1 cm³/mol. The first-order valence-corrected chi connectivity index (χ1v) is 7.82. The Bertz CT molecular complexity index is 710. The van der Waals surface area contributed by atoms with Crippen LogP contribution < -0.4 is 4.74 Å². The van der Waals surface area contributed by atoms with Crippen molar-refractivity contribution in [1.29, 1.82) is 0 Å². The normalized spacial score (nSPS) is 13.7. The molecule has 0 aliphatic heterocycles. The molecule has 0 spiro atoms. The number of unbranched alkanes of at least 4 members (excludes halogenated alkanes) is 1. The summed E-state index contributed by atoms with van der Waals surface area (Å²) in [6, 6.07) is 14.4. The van der Waals surface area contributed by atoms with Crippen LogP contribution >= 0.6 is 0 Å². The molecule has 0 fully saturated rings. The quantitative estimate of drug-likeness (QED) is 0.491. The Hall–Kier alpha value is -2.33. The molecule has 0 N–H and O–H groups in total. The zero-order valence-electron chi connectivity index (χ0n) is 13.5. The van der Waals surface area contributed by atoms with Gasteiger partial charge in [-0.25, -0.2) is 0 Å². The number of hydrogen-bond acceptors (Lipinski definition) is 4. The van der Waals surface area contributed by atoms with Gasteiger partial charge in [0.15, 0.2) is 0 Å². The van der Waals surface area contributed by atoms with Crippen molar-refractivity contribution < 1.29 is 14.3 Å². The number of methoxy groups -OCH3 is 1. The lowest BCUT2D eigenvalue weighted by Crippen LogP contribution is -2.02. The SMILES string of the molecule is COCCCCOc1ccc2c(c1)/C(=N/OC)c1ccccc1-2. The van der Waals surface area contributed by atoms with Crippen LogP contribution in [0.2, 0.25) is 0 Å². The fourth-order valence-corrected chi connectivity index (χ4v) is 2.84. The van der Waals surface area contributed by atoms with Crippen molar-refractivity contribution in [3.63, 3.8) is 0 Å². The third-order valence-electron chi connectivity index (χ3n) is 3.91. The van der Waals surface area contributed by atoms with Crippen LogP contribution in [0.4, 0.5) is 0 Å². The molecule has 4 heteroatoms. The highest BCUT2D eigenvalue weighted by Crippen LogP contribution is 2.38. The summed E-state index contributed by atoms with van der Waals surface area (Å²) in [6.45, 7) is 1.46. The Labute approximate surface area is 136 Å². The van der Waals surface area contributed by atoms with E-state index in [1.165, 1.54) is 11.1 Å². The van der Waals surface area contributed by atoms with Gasteiger partial charge in [-0.2, -0.15) is 0 Å². The van der Waals surface area contributed by atoms with E-state index in [4.69, 9.17) is 14.3 Å². The van der Waals surface area contributed by atoms with Gasteiger partial charge in [-0.15, -0.1) is 0 Å². The molecular weight excluding hydrogens is 290 g/mol. The van der Waals surface area contributed by atoms with E-state index in [2.05, 4.69) is 23.4 Å². The summed E-state index contributed by atoms with van der Waals surface area (Å²) in [5.41, 5.74) is 5.38. The molecule has 0 saturated carbocycles. The fourth-order valence-electron chi connectivity index (χ4n) is 2.84. The van der Waals surface area contributed by atoms with Crippen LogP contribution in [0, 0.1) is 0 Å². The van der Waals surface area contributed by atoms with Crippen LogP contribution in [-0.2, 0) is 9.57 Å². The second-order valence-electron chi connectivity index (χ2n) is 5.42. The summed E-state index contributed by atoms with van der Waals surface area (Å²) in [5.74, 6) is 0.859. The van der Waals surface area contributed by atoms with E-state index >= 15 is 0 Å². The van der Waals surface area contributed by atoms with Gasteiger partial charge in [0.1, 0.15) is 18.6 Å². The van der Waals surface area contributed by atoms with E-state index in [0.29, 0.717) is 6.61 Å². The number of rotatable bonds is 7. The summed E-state index contributed by atoms with van der Waals surface area (Å²) < 4.78 is 10.9. The summed E-state index contributed by atoms with van der Waals surface area (Å²) in [6.07, 6.45) is 1.98. The minimum atomic E-state index is 0.686. The first kappa shape index (κ1) is 15.6. The molecular formula is C19H21NO3. The van der Waals surface area contributed by atoms with Gasteiger partial charge >= 0.3 is 0 Å². The van der Waals surface area contributed by atoms with Crippen molar-refractivity contribution >= 4 is 5.71 Å². The third kappa shape index (κ3) is 3.22. The molecule has 2 aromatic rings. The summed E-state index contributed by atoms with van der Waals surface area (Å²) in [7, 11) is 3.29. The highest BCUT2D eigenvalue weighted by atomic mass is 16.6. The average molecular weight is 311 g/mol. The summed E-state index contributed by atoms with van der Waals surface area (Å²) in [4.78, 5) is 5.04. The summed E-state index contributed by atoms with van der Waals surface area (Å²) >= 11 is 0. The molecule has 23 heavy (non-hydrogen) atoms. The average Bonchev–Trinajstić information content (AvgIpc) is 2.89. The number of ether oxygens (including phenoxy) is 2. The van der Waals surface area contributed by atoms with E-state index in [1.807, 2.05) is 24.3 Å². The lowest BCUT2D eigenvalue weighted by molar-refractivity contribution is 0.184. The molecule has 1 aliphatic rings. The second kappa shape index (κ2) is 7.29. The van der Waals surface area contributed by atoms with Gasteiger partial charge in [0.2, 0.25) is 0 Å². The van der Waals surface area contributed by atoms with Gasteiger partial charge in [-0.3, -0.25) is 0 Å². The molecule has 0 bridgehead atoms. The molecule has 0 heterocycles. The maximum atomic E-state index is 5.85. The molecule has 0 unspecified atom stereocenters. The molecule has 120 valence electrons. The molecule has 3 rings (SSSR count). The van der Waals surface area contributed by atoms with Crippen molar-refractivity contribution in [1.82, 2.24) is 0 Å². The zero-order valence-corrected chi connectivity index (χ0v) is 13.5. The lowest BCUT2D eigenvalue weighted by atomic mass is 10.1. The van der Waals surface area contributed by atoms with Crippen LogP contribution in [-0.4, -0.2) is 33.1 Å². The number of nitrogens with zero attached hydrogens (tertiary/aromatic N) is 1. The Morgan fingerprint density at radius 1 is 0.826 bits per heavy atom. The van der Waals surface area contributed by atoms with Crippen molar-refractivity contribution in [2.45, 2.75) is 12.8 Å². The largest absolute Gasteiger partial charge is 0.494 e. The van der Waals surface area contributed by atoms with E-state index in [1.54, 1.807) is 14.2 Å². The fraction of sp³-hybridized carbons (Fsp3) is 0.316. The van der Waals surface area contributed by atoms with Gasteiger partial charge in [-0.05, 0) is 42.2 Å². The topological polar surface area (TPSA) is 40.0 Å². The Balaban J connectivity index is 1.81. The van der Waals surface area contributed by atoms with Crippen molar-refractivity contribution in [2.24, 2.45) is 5.16 Å². The van der Waals surface area contributed by atoms with Crippen LogP contribution in [0.25, 0.3) is 11.1 Å². The lowest BCUT2D eigenvalue weighted by Gasteiger charge is -2.08. The van der Waals surface area contributed by atoms with Gasteiger partial charge < -0.3 is 14.3 Å². The Morgan fingerprint density at radius 2 is 1.57 bits per heavy atom. The van der Waals surface area contributed by atoms with Crippen LogP contribution in [0.1, 0.15) is 24.0 Å². The number of fused-ring (bicyclic) bond motifs is 3.